The lowest BCUT2D eigenvalue weighted by atomic mass is 10.1. The number of para-hydroxylation sites is 1. The van der Waals surface area contributed by atoms with Gasteiger partial charge < -0.3 is 15.1 Å². The number of nitrogens with one attached hydrogen (secondary N) is 1. The molecule has 0 saturated carbocycles. The zero-order valence-electron chi connectivity index (χ0n) is 14.8. The number of urea groups is 1. The number of halogens is 1. The molecule has 0 bridgehead atoms. The van der Waals surface area contributed by atoms with Crippen LogP contribution >= 0.6 is 11.6 Å². The van der Waals surface area contributed by atoms with E-state index in [2.05, 4.69) is 29.3 Å². The fraction of sp³-hybridized carbons (Fsp3) is 0.350. The minimum Gasteiger partial charge on any atom is -0.368 e. The van der Waals surface area contributed by atoms with E-state index in [1.54, 1.807) is 0 Å². The Morgan fingerprint density at radius 2 is 1.80 bits per heavy atom. The second-order valence-corrected chi connectivity index (χ2v) is 6.71. The van der Waals surface area contributed by atoms with E-state index in [1.165, 1.54) is 0 Å². The lowest BCUT2D eigenvalue weighted by molar-refractivity contribution is 0.208. The van der Waals surface area contributed by atoms with Crippen LogP contribution < -0.4 is 10.2 Å². The maximum Gasteiger partial charge on any atom is 0.321 e. The zero-order valence-corrected chi connectivity index (χ0v) is 15.5. The molecule has 5 heteroatoms. The standard InChI is InChI=1S/C20H24ClN3O/c1-3-16-7-4-5-9-18(16)22-20(25)24-13-11-23(12-14-24)19-10-6-8-17(21)15(19)2/h4-10H,3,11-14H2,1-2H3,(H,22,25). The lowest BCUT2D eigenvalue weighted by Gasteiger charge is -2.37. The normalized spacial score (nSPS) is 14.5. The number of hydrogen-bond donors (Lipinski definition) is 1. The quantitative estimate of drug-likeness (QED) is 0.873. The highest BCUT2D eigenvalue weighted by Crippen LogP contribution is 2.27. The van der Waals surface area contributed by atoms with Gasteiger partial charge >= 0.3 is 6.03 Å². The molecule has 0 spiro atoms. The molecule has 1 fully saturated rings. The van der Waals surface area contributed by atoms with Gasteiger partial charge in [-0.3, -0.25) is 0 Å². The molecule has 1 saturated heterocycles. The van der Waals surface area contributed by atoms with E-state index in [1.807, 2.05) is 42.2 Å². The summed E-state index contributed by atoms with van der Waals surface area (Å²) in [4.78, 5) is 16.7. The summed E-state index contributed by atoms with van der Waals surface area (Å²) in [5.41, 5.74) is 4.31. The summed E-state index contributed by atoms with van der Waals surface area (Å²) in [6.07, 6.45) is 0.901. The predicted molar refractivity (Wildman–Crippen MR) is 105 cm³/mol. The van der Waals surface area contributed by atoms with E-state index >= 15 is 0 Å². The Hall–Kier alpha value is -2.20. The van der Waals surface area contributed by atoms with Gasteiger partial charge in [0.15, 0.2) is 0 Å². The monoisotopic (exact) mass is 357 g/mol. The molecule has 25 heavy (non-hydrogen) atoms. The van der Waals surface area contributed by atoms with Crippen molar-refractivity contribution in [2.75, 3.05) is 36.4 Å². The maximum atomic E-state index is 12.6. The second-order valence-electron chi connectivity index (χ2n) is 6.30. The van der Waals surface area contributed by atoms with Crippen LogP contribution in [0, 0.1) is 6.92 Å². The first-order chi connectivity index (χ1) is 12.1. The van der Waals surface area contributed by atoms with Crippen LogP contribution in [0.25, 0.3) is 0 Å². The van der Waals surface area contributed by atoms with Crippen LogP contribution in [0.5, 0.6) is 0 Å². The molecule has 1 N–H and O–H groups in total. The summed E-state index contributed by atoms with van der Waals surface area (Å²) < 4.78 is 0. The van der Waals surface area contributed by atoms with Gasteiger partial charge in [-0.15, -0.1) is 0 Å². The number of aryl methyl sites for hydroxylation is 1. The molecule has 2 amide bonds. The summed E-state index contributed by atoms with van der Waals surface area (Å²) in [5, 5.41) is 3.84. The number of hydrogen-bond acceptors (Lipinski definition) is 2. The van der Waals surface area contributed by atoms with E-state index < -0.39 is 0 Å². The highest BCUT2D eigenvalue weighted by atomic mass is 35.5. The van der Waals surface area contributed by atoms with Gasteiger partial charge in [-0.2, -0.15) is 0 Å². The first-order valence-corrected chi connectivity index (χ1v) is 9.12. The van der Waals surface area contributed by atoms with Crippen molar-refractivity contribution in [2.24, 2.45) is 0 Å². The molecule has 1 heterocycles. The van der Waals surface area contributed by atoms with Crippen LogP contribution in [-0.2, 0) is 6.42 Å². The minimum atomic E-state index is -0.0247. The van der Waals surface area contributed by atoms with Gasteiger partial charge in [0.25, 0.3) is 0 Å². The van der Waals surface area contributed by atoms with Crippen molar-refractivity contribution in [1.82, 2.24) is 4.90 Å². The topological polar surface area (TPSA) is 35.6 Å². The molecule has 0 aromatic heterocycles. The van der Waals surface area contributed by atoms with E-state index in [0.717, 1.165) is 47.0 Å². The molecule has 0 aliphatic carbocycles. The Morgan fingerprint density at radius 1 is 1.08 bits per heavy atom. The highest BCUT2D eigenvalue weighted by Gasteiger charge is 2.22. The Kier molecular flexibility index (Phi) is 5.49. The largest absolute Gasteiger partial charge is 0.368 e. The third-order valence-electron chi connectivity index (χ3n) is 4.79. The maximum absolute atomic E-state index is 12.6. The lowest BCUT2D eigenvalue weighted by Crippen LogP contribution is -2.50. The molecule has 1 aliphatic rings. The SMILES string of the molecule is CCc1ccccc1NC(=O)N1CCN(c2cccc(Cl)c2C)CC1. The Balaban J connectivity index is 1.62. The predicted octanol–water partition coefficient (Wildman–Crippen LogP) is 4.56. The fourth-order valence-electron chi connectivity index (χ4n) is 3.23. The molecular formula is C20H24ClN3O. The number of rotatable bonds is 3. The van der Waals surface area contributed by atoms with Crippen LogP contribution in [0.3, 0.4) is 0 Å². The summed E-state index contributed by atoms with van der Waals surface area (Å²) >= 11 is 6.23. The van der Waals surface area contributed by atoms with Crippen LogP contribution in [0.15, 0.2) is 42.5 Å². The molecule has 1 aliphatic heterocycles. The van der Waals surface area contributed by atoms with E-state index in [4.69, 9.17) is 11.6 Å². The molecule has 0 unspecified atom stereocenters. The number of benzene rings is 2. The number of anilines is 2. The van der Waals surface area contributed by atoms with Crippen LogP contribution in [0.4, 0.5) is 16.2 Å². The molecule has 2 aromatic carbocycles. The van der Waals surface area contributed by atoms with Gasteiger partial charge in [0.2, 0.25) is 0 Å². The van der Waals surface area contributed by atoms with Gasteiger partial charge in [-0.1, -0.05) is 42.8 Å². The highest BCUT2D eigenvalue weighted by molar-refractivity contribution is 6.31. The Labute approximate surface area is 154 Å². The molecule has 3 rings (SSSR count). The van der Waals surface area contributed by atoms with Gasteiger partial charge in [-0.25, -0.2) is 4.79 Å². The Bertz CT molecular complexity index is 754. The van der Waals surface area contributed by atoms with E-state index in [9.17, 15) is 4.79 Å². The van der Waals surface area contributed by atoms with Crippen LogP contribution in [0.1, 0.15) is 18.1 Å². The molecule has 0 radical (unpaired) electrons. The van der Waals surface area contributed by atoms with Gasteiger partial charge in [0.05, 0.1) is 0 Å². The van der Waals surface area contributed by atoms with Crippen molar-refractivity contribution in [3.8, 4) is 0 Å². The smallest absolute Gasteiger partial charge is 0.321 e. The molecular weight excluding hydrogens is 334 g/mol. The van der Waals surface area contributed by atoms with E-state index in [0.29, 0.717) is 13.1 Å². The van der Waals surface area contributed by atoms with Crippen molar-refractivity contribution >= 4 is 29.0 Å². The third kappa shape index (κ3) is 3.90. The second kappa shape index (κ2) is 7.79. The number of carbonyl (C=O) groups is 1. The van der Waals surface area contributed by atoms with Crippen LogP contribution in [-0.4, -0.2) is 37.1 Å². The molecule has 2 aromatic rings. The summed E-state index contributed by atoms with van der Waals surface area (Å²) in [5.74, 6) is 0. The average Bonchev–Trinajstić information content (AvgIpc) is 2.64. The first kappa shape index (κ1) is 17.6. The summed E-state index contributed by atoms with van der Waals surface area (Å²) in [7, 11) is 0. The van der Waals surface area contributed by atoms with Gasteiger partial charge in [-0.05, 0) is 42.7 Å². The van der Waals surface area contributed by atoms with Crippen molar-refractivity contribution in [3.63, 3.8) is 0 Å². The summed E-state index contributed by atoms with van der Waals surface area (Å²) in [6.45, 7) is 7.15. The third-order valence-corrected chi connectivity index (χ3v) is 5.20. The van der Waals surface area contributed by atoms with Crippen molar-refractivity contribution in [2.45, 2.75) is 20.3 Å². The van der Waals surface area contributed by atoms with E-state index in [-0.39, 0.29) is 6.03 Å². The van der Waals surface area contributed by atoms with Crippen molar-refractivity contribution in [3.05, 3.63) is 58.6 Å². The number of piperazine rings is 1. The van der Waals surface area contributed by atoms with Crippen molar-refractivity contribution < 1.29 is 4.79 Å². The zero-order chi connectivity index (χ0) is 17.8. The van der Waals surface area contributed by atoms with Crippen molar-refractivity contribution in [1.29, 1.82) is 0 Å². The fourth-order valence-corrected chi connectivity index (χ4v) is 3.40. The first-order valence-electron chi connectivity index (χ1n) is 8.74. The molecule has 132 valence electrons. The molecule has 0 atom stereocenters. The number of carbonyl (C=O) groups excluding carboxylic acids is 1. The van der Waals surface area contributed by atoms with Crippen LogP contribution in [0.2, 0.25) is 5.02 Å². The van der Waals surface area contributed by atoms with Gasteiger partial charge in [0.1, 0.15) is 0 Å². The number of amides is 2. The average molecular weight is 358 g/mol. The van der Waals surface area contributed by atoms with Gasteiger partial charge in [0, 0.05) is 42.6 Å². The summed E-state index contributed by atoms with van der Waals surface area (Å²) in [6, 6.07) is 13.9. The number of nitrogens with zero attached hydrogens (tertiary/aromatic N) is 2. The Morgan fingerprint density at radius 3 is 2.52 bits per heavy atom. The minimum absolute atomic E-state index is 0.0247. The molecule has 4 nitrogen and oxygen atoms in total.